The fourth-order valence-electron chi connectivity index (χ4n) is 1.80. The van der Waals surface area contributed by atoms with Gasteiger partial charge in [0.15, 0.2) is 5.82 Å². The Morgan fingerprint density at radius 2 is 1.95 bits per heavy atom. The van der Waals surface area contributed by atoms with Crippen LogP contribution >= 0.6 is 15.9 Å². The number of nitrogen functional groups attached to an aromatic ring is 1. The summed E-state index contributed by atoms with van der Waals surface area (Å²) in [7, 11) is 0. The number of nitrogens with one attached hydrogen (secondary N) is 1. The third-order valence-corrected chi connectivity index (χ3v) is 3.30. The molecule has 2 aromatic heterocycles. The number of nitrogens with zero attached hydrogens (tertiary/aromatic N) is 3. The molecule has 0 atom stereocenters. The summed E-state index contributed by atoms with van der Waals surface area (Å²) in [6.07, 6.45) is 1.64. The van der Waals surface area contributed by atoms with E-state index in [0.717, 1.165) is 15.4 Å². The van der Waals surface area contributed by atoms with Crippen molar-refractivity contribution in [3.05, 3.63) is 47.1 Å². The van der Waals surface area contributed by atoms with E-state index in [1.807, 2.05) is 30.3 Å². The van der Waals surface area contributed by atoms with E-state index in [1.165, 1.54) is 0 Å². The van der Waals surface area contributed by atoms with Crippen molar-refractivity contribution < 1.29 is 0 Å². The largest absolute Gasteiger partial charge is 0.308 e. The van der Waals surface area contributed by atoms with Crippen molar-refractivity contribution in [3.63, 3.8) is 0 Å². The van der Waals surface area contributed by atoms with Crippen LogP contribution < -0.4 is 11.3 Å². The van der Waals surface area contributed by atoms with Crippen molar-refractivity contribution in [3.8, 4) is 11.5 Å². The van der Waals surface area contributed by atoms with E-state index in [4.69, 9.17) is 5.84 Å². The van der Waals surface area contributed by atoms with Crippen molar-refractivity contribution in [2.75, 3.05) is 5.43 Å². The molecule has 3 N–H and O–H groups in total. The zero-order valence-corrected chi connectivity index (χ0v) is 11.4. The lowest BCUT2D eigenvalue weighted by Gasteiger charge is -2.06. The summed E-state index contributed by atoms with van der Waals surface area (Å²) >= 11 is 3.51. The second-order valence-electron chi connectivity index (χ2n) is 3.92. The van der Waals surface area contributed by atoms with E-state index in [0.29, 0.717) is 17.3 Å². The molecule has 5 nitrogen and oxygen atoms in total. The number of pyridine rings is 1. The van der Waals surface area contributed by atoms with Gasteiger partial charge in [0.25, 0.3) is 0 Å². The average Bonchev–Trinajstić information content (AvgIpc) is 2.46. The highest BCUT2D eigenvalue weighted by Gasteiger charge is 2.10. The minimum atomic E-state index is 0.521. The summed E-state index contributed by atoms with van der Waals surface area (Å²) in [6, 6.07) is 11.6. The molecule has 0 saturated carbocycles. The Balaban J connectivity index is 2.20. The molecule has 94 valence electrons. The molecule has 0 radical (unpaired) electrons. The van der Waals surface area contributed by atoms with Crippen LogP contribution in [0, 0.1) is 0 Å². The van der Waals surface area contributed by atoms with E-state index in [2.05, 4.69) is 36.3 Å². The molecule has 0 aliphatic carbocycles. The number of aromatic nitrogens is 3. The Morgan fingerprint density at radius 1 is 1.11 bits per heavy atom. The van der Waals surface area contributed by atoms with Crippen molar-refractivity contribution in [2.45, 2.75) is 0 Å². The van der Waals surface area contributed by atoms with Gasteiger partial charge in [-0.05, 0) is 28.1 Å². The quantitative estimate of drug-likeness (QED) is 0.561. The Labute approximate surface area is 118 Å². The van der Waals surface area contributed by atoms with E-state index in [1.54, 1.807) is 12.3 Å². The fourth-order valence-corrected chi connectivity index (χ4v) is 2.31. The van der Waals surface area contributed by atoms with Gasteiger partial charge in [-0.2, -0.15) is 0 Å². The summed E-state index contributed by atoms with van der Waals surface area (Å²) in [6.45, 7) is 0. The fraction of sp³-hybridized carbons (Fsp3) is 0. The van der Waals surface area contributed by atoms with E-state index in [9.17, 15) is 0 Å². The van der Waals surface area contributed by atoms with E-state index in [-0.39, 0.29) is 0 Å². The average molecular weight is 316 g/mol. The zero-order chi connectivity index (χ0) is 13.2. The number of para-hydroxylation sites is 1. The van der Waals surface area contributed by atoms with Crippen molar-refractivity contribution >= 4 is 32.7 Å². The highest BCUT2D eigenvalue weighted by Crippen LogP contribution is 2.27. The molecule has 0 aliphatic heterocycles. The maximum atomic E-state index is 5.35. The monoisotopic (exact) mass is 315 g/mol. The van der Waals surface area contributed by atoms with E-state index >= 15 is 0 Å². The molecule has 3 rings (SSSR count). The van der Waals surface area contributed by atoms with Crippen LogP contribution in [-0.4, -0.2) is 15.0 Å². The number of fused-ring (bicyclic) bond motifs is 1. The molecule has 0 saturated heterocycles. The number of rotatable bonds is 2. The predicted octanol–water partition coefficient (Wildman–Crippen LogP) is 2.74. The first-order valence-corrected chi connectivity index (χ1v) is 6.42. The molecule has 0 bridgehead atoms. The Bertz CT molecular complexity index is 744. The highest BCUT2D eigenvalue weighted by molar-refractivity contribution is 9.10. The number of benzene rings is 1. The van der Waals surface area contributed by atoms with Gasteiger partial charge in [-0.1, -0.05) is 18.2 Å². The Kier molecular flexibility index (Phi) is 3.10. The maximum absolute atomic E-state index is 5.35. The topological polar surface area (TPSA) is 76.7 Å². The second-order valence-corrected chi connectivity index (χ2v) is 4.78. The number of hydrazine groups is 1. The molecule has 19 heavy (non-hydrogen) atoms. The van der Waals surface area contributed by atoms with Gasteiger partial charge < -0.3 is 5.43 Å². The lowest BCUT2D eigenvalue weighted by molar-refractivity contribution is 1.12. The van der Waals surface area contributed by atoms with Crippen LogP contribution in [0.15, 0.2) is 47.1 Å². The number of hydrogen-bond acceptors (Lipinski definition) is 5. The summed E-state index contributed by atoms with van der Waals surface area (Å²) in [5.74, 6) is 6.42. The van der Waals surface area contributed by atoms with Crippen LogP contribution in [0.3, 0.4) is 0 Å². The van der Waals surface area contributed by atoms with Crippen LogP contribution in [0.1, 0.15) is 0 Å². The highest BCUT2D eigenvalue weighted by atomic mass is 79.9. The van der Waals surface area contributed by atoms with Crippen LogP contribution in [0.4, 0.5) is 5.82 Å². The normalized spacial score (nSPS) is 10.6. The van der Waals surface area contributed by atoms with Crippen LogP contribution in [0.25, 0.3) is 22.4 Å². The van der Waals surface area contributed by atoms with Gasteiger partial charge >= 0.3 is 0 Å². The first kappa shape index (κ1) is 12.0. The first-order chi connectivity index (χ1) is 9.28. The Hall–Kier alpha value is -2.05. The molecular weight excluding hydrogens is 306 g/mol. The van der Waals surface area contributed by atoms with Crippen LogP contribution in [0.2, 0.25) is 0 Å². The Morgan fingerprint density at radius 3 is 2.79 bits per heavy atom. The molecule has 1 aromatic carbocycles. The number of nitrogens with two attached hydrogens (primary N) is 1. The maximum Gasteiger partial charge on any atom is 0.181 e. The molecule has 0 unspecified atom stereocenters. The van der Waals surface area contributed by atoms with Gasteiger partial charge in [-0.3, -0.25) is 0 Å². The SMILES string of the molecule is NNc1ccnc(-c2nc3ccccc3cc2Br)n1. The molecule has 0 amide bonds. The van der Waals surface area contributed by atoms with Crippen LogP contribution in [-0.2, 0) is 0 Å². The lowest BCUT2D eigenvalue weighted by Crippen LogP contribution is -2.09. The summed E-state index contributed by atoms with van der Waals surface area (Å²) in [5, 5.41) is 1.06. The molecule has 0 spiro atoms. The number of halogens is 1. The van der Waals surface area contributed by atoms with Crippen LogP contribution in [0.5, 0.6) is 0 Å². The molecule has 0 aliphatic rings. The molecule has 0 fully saturated rings. The summed E-state index contributed by atoms with van der Waals surface area (Å²) in [4.78, 5) is 13.1. The third kappa shape index (κ3) is 2.27. The van der Waals surface area contributed by atoms with Crippen molar-refractivity contribution in [1.82, 2.24) is 15.0 Å². The molecule has 6 heteroatoms. The predicted molar refractivity (Wildman–Crippen MR) is 78.3 cm³/mol. The molecule has 2 heterocycles. The van der Waals surface area contributed by atoms with Gasteiger partial charge in [0, 0.05) is 22.1 Å². The summed E-state index contributed by atoms with van der Waals surface area (Å²) < 4.78 is 0.848. The second kappa shape index (κ2) is 4.91. The number of anilines is 1. The lowest BCUT2D eigenvalue weighted by atomic mass is 10.2. The zero-order valence-electron chi connectivity index (χ0n) is 9.84. The summed E-state index contributed by atoms with van der Waals surface area (Å²) in [5.41, 5.74) is 4.09. The van der Waals surface area contributed by atoms with Gasteiger partial charge in [-0.15, -0.1) is 0 Å². The third-order valence-electron chi connectivity index (χ3n) is 2.69. The molecule has 3 aromatic rings. The first-order valence-electron chi connectivity index (χ1n) is 5.63. The number of hydrogen-bond donors (Lipinski definition) is 2. The van der Waals surface area contributed by atoms with Gasteiger partial charge in [0.05, 0.1) is 5.52 Å². The van der Waals surface area contributed by atoms with Gasteiger partial charge in [0.2, 0.25) is 0 Å². The van der Waals surface area contributed by atoms with E-state index < -0.39 is 0 Å². The minimum Gasteiger partial charge on any atom is -0.308 e. The molecular formula is C13H10BrN5. The van der Waals surface area contributed by atoms with Gasteiger partial charge in [0.1, 0.15) is 11.5 Å². The standard InChI is InChI=1S/C13H10BrN5/c14-9-7-8-3-1-2-4-10(8)17-12(9)13-16-6-5-11(18-13)19-15/h1-7H,15H2,(H,16,18,19). The minimum absolute atomic E-state index is 0.521. The smallest absolute Gasteiger partial charge is 0.181 e. The van der Waals surface area contributed by atoms with Crippen molar-refractivity contribution in [1.29, 1.82) is 0 Å². The van der Waals surface area contributed by atoms with Gasteiger partial charge in [-0.25, -0.2) is 20.8 Å². The van der Waals surface area contributed by atoms with Crippen molar-refractivity contribution in [2.24, 2.45) is 5.84 Å².